The molecule has 0 spiro atoms. The third kappa shape index (κ3) is 2.54. The summed E-state index contributed by atoms with van der Waals surface area (Å²) in [4.78, 5) is 4.64. The highest BCUT2D eigenvalue weighted by atomic mass is 35.5. The van der Waals surface area contributed by atoms with E-state index in [-0.39, 0.29) is 0 Å². The molecule has 2 atom stereocenters. The molecule has 1 heterocycles. The molecular weight excluding hydrogens is 382 g/mol. The minimum absolute atomic E-state index is 0.532. The first-order chi connectivity index (χ1) is 13.3. The van der Waals surface area contributed by atoms with Gasteiger partial charge in [0.05, 0.1) is 5.52 Å². The zero-order valence-corrected chi connectivity index (χ0v) is 18.6. The molecule has 3 aromatic rings. The molecule has 4 rings (SSSR count). The lowest BCUT2D eigenvalue weighted by Gasteiger charge is -2.54. The van der Waals surface area contributed by atoms with Crippen molar-refractivity contribution in [2.24, 2.45) is 10.8 Å². The van der Waals surface area contributed by atoms with Crippen molar-refractivity contribution in [2.45, 2.75) is 52.7 Å². The smallest absolute Gasteiger partial charge is 0.122 e. The highest BCUT2D eigenvalue weighted by molar-refractivity contribution is 6.30. The van der Waals surface area contributed by atoms with Crippen LogP contribution in [0.2, 0.25) is 5.02 Å². The summed E-state index contributed by atoms with van der Waals surface area (Å²) in [6, 6.07) is 13.2. The van der Waals surface area contributed by atoms with Crippen molar-refractivity contribution < 1.29 is 10.2 Å². The molecule has 2 N–H and O–H groups in total. The Hall–Kier alpha value is -1.94. The molecule has 4 heteroatoms. The van der Waals surface area contributed by atoms with Gasteiger partial charge in [0.25, 0.3) is 0 Å². The van der Waals surface area contributed by atoms with Crippen LogP contribution in [0, 0.1) is 10.8 Å². The highest BCUT2D eigenvalue weighted by Gasteiger charge is 2.58. The van der Waals surface area contributed by atoms with E-state index in [9.17, 15) is 10.2 Å². The number of halogens is 1. The predicted molar refractivity (Wildman–Crippen MR) is 118 cm³/mol. The Morgan fingerprint density at radius 2 is 1.41 bits per heavy atom. The summed E-state index contributed by atoms with van der Waals surface area (Å²) in [6.07, 6.45) is 1.74. The summed E-state index contributed by atoms with van der Waals surface area (Å²) in [7, 11) is 0. The van der Waals surface area contributed by atoms with E-state index in [2.05, 4.69) is 4.98 Å². The first kappa shape index (κ1) is 20.3. The number of nitrogens with zero attached hydrogens (tertiary/aromatic N) is 1. The highest BCUT2D eigenvalue weighted by Crippen LogP contribution is 2.60. The number of hydrogen-bond acceptors (Lipinski definition) is 3. The van der Waals surface area contributed by atoms with E-state index in [4.69, 9.17) is 11.6 Å². The van der Waals surface area contributed by atoms with Gasteiger partial charge in [-0.3, -0.25) is 4.98 Å². The van der Waals surface area contributed by atoms with Gasteiger partial charge >= 0.3 is 0 Å². The first-order valence-electron chi connectivity index (χ1n) is 9.97. The fourth-order valence-electron chi connectivity index (χ4n) is 4.81. The maximum Gasteiger partial charge on any atom is 0.122 e. The second-order valence-corrected chi connectivity index (χ2v) is 10.6. The van der Waals surface area contributed by atoms with Crippen LogP contribution in [0.15, 0.2) is 48.7 Å². The normalized spacial score (nSPS) is 24.3. The van der Waals surface area contributed by atoms with Gasteiger partial charge in [0, 0.05) is 22.2 Å². The van der Waals surface area contributed by atoms with E-state index in [0.29, 0.717) is 32.8 Å². The Morgan fingerprint density at radius 1 is 0.793 bits per heavy atom. The van der Waals surface area contributed by atoms with Crippen molar-refractivity contribution in [1.82, 2.24) is 4.98 Å². The van der Waals surface area contributed by atoms with Crippen molar-refractivity contribution in [2.75, 3.05) is 0 Å². The molecule has 2 aromatic carbocycles. The van der Waals surface area contributed by atoms with E-state index in [1.54, 1.807) is 18.3 Å². The molecule has 0 saturated carbocycles. The van der Waals surface area contributed by atoms with Gasteiger partial charge in [-0.25, -0.2) is 0 Å². The second-order valence-electron chi connectivity index (χ2n) is 10.2. The van der Waals surface area contributed by atoms with Crippen LogP contribution in [0.3, 0.4) is 0 Å². The molecule has 0 fully saturated rings. The average molecular weight is 410 g/mol. The van der Waals surface area contributed by atoms with Crippen molar-refractivity contribution >= 4 is 22.5 Å². The maximum absolute atomic E-state index is 12.4. The largest absolute Gasteiger partial charge is 0.380 e. The van der Waals surface area contributed by atoms with Crippen LogP contribution >= 0.6 is 11.6 Å². The molecule has 0 amide bonds. The lowest BCUT2D eigenvalue weighted by Crippen LogP contribution is -2.53. The lowest BCUT2D eigenvalue weighted by atomic mass is 9.54. The monoisotopic (exact) mass is 409 g/mol. The van der Waals surface area contributed by atoms with Gasteiger partial charge in [-0.15, -0.1) is 0 Å². The van der Waals surface area contributed by atoms with Crippen molar-refractivity contribution in [1.29, 1.82) is 0 Å². The molecular formula is C25H28ClNO2. The van der Waals surface area contributed by atoms with Gasteiger partial charge < -0.3 is 10.2 Å². The first-order valence-corrected chi connectivity index (χ1v) is 10.4. The molecule has 1 aliphatic carbocycles. The lowest BCUT2D eigenvalue weighted by molar-refractivity contribution is -0.0693. The molecule has 0 saturated heterocycles. The zero-order valence-electron chi connectivity index (χ0n) is 17.8. The van der Waals surface area contributed by atoms with Crippen LogP contribution in [0.4, 0.5) is 0 Å². The Morgan fingerprint density at radius 3 is 2.03 bits per heavy atom. The summed E-state index contributed by atoms with van der Waals surface area (Å²) in [5, 5.41) is 26.2. The van der Waals surface area contributed by atoms with Crippen LogP contribution in [-0.4, -0.2) is 15.2 Å². The van der Waals surface area contributed by atoms with Gasteiger partial charge in [-0.05, 0) is 45.7 Å². The number of rotatable bonds is 0. The van der Waals surface area contributed by atoms with E-state index in [1.165, 1.54) is 0 Å². The minimum atomic E-state index is -1.35. The van der Waals surface area contributed by atoms with Crippen LogP contribution in [0.25, 0.3) is 10.9 Å². The van der Waals surface area contributed by atoms with Crippen LogP contribution in [0.1, 0.15) is 63.8 Å². The third-order valence-corrected chi connectivity index (χ3v) is 6.69. The number of benzene rings is 2. The van der Waals surface area contributed by atoms with Crippen molar-refractivity contribution in [3.63, 3.8) is 0 Å². The van der Waals surface area contributed by atoms with E-state index >= 15 is 0 Å². The molecule has 29 heavy (non-hydrogen) atoms. The molecule has 2 unspecified atom stereocenters. The van der Waals surface area contributed by atoms with E-state index < -0.39 is 22.0 Å². The number of aliphatic hydroxyl groups is 2. The van der Waals surface area contributed by atoms with Gasteiger partial charge in [-0.2, -0.15) is 0 Å². The molecule has 0 aliphatic heterocycles. The Balaban J connectivity index is 2.29. The summed E-state index contributed by atoms with van der Waals surface area (Å²) in [6.45, 7) is 12.1. The fraction of sp³-hybridized carbons (Fsp3) is 0.400. The number of hydrogen-bond donors (Lipinski definition) is 2. The number of fused-ring (bicyclic) bond motifs is 4. The number of pyridine rings is 1. The molecule has 0 bridgehead atoms. The molecule has 0 radical (unpaired) electrons. The van der Waals surface area contributed by atoms with Crippen molar-refractivity contribution in [3.8, 4) is 0 Å². The van der Waals surface area contributed by atoms with Gasteiger partial charge in [-0.1, -0.05) is 77.4 Å². The minimum Gasteiger partial charge on any atom is -0.380 e. The molecule has 1 aromatic heterocycles. The van der Waals surface area contributed by atoms with Crippen LogP contribution in [-0.2, 0) is 11.2 Å². The van der Waals surface area contributed by atoms with Crippen LogP contribution in [0.5, 0.6) is 0 Å². The third-order valence-electron chi connectivity index (χ3n) is 6.46. The second kappa shape index (κ2) is 6.04. The van der Waals surface area contributed by atoms with Crippen molar-refractivity contribution in [3.05, 3.63) is 75.9 Å². The number of aromatic nitrogens is 1. The topological polar surface area (TPSA) is 53.4 Å². The predicted octanol–water partition coefficient (Wildman–Crippen LogP) is 5.77. The maximum atomic E-state index is 12.4. The van der Waals surface area contributed by atoms with E-state index in [1.807, 2.05) is 71.9 Å². The van der Waals surface area contributed by atoms with Gasteiger partial charge in [0.15, 0.2) is 0 Å². The van der Waals surface area contributed by atoms with E-state index in [0.717, 1.165) is 5.39 Å². The van der Waals surface area contributed by atoms with Crippen LogP contribution < -0.4 is 0 Å². The zero-order chi connectivity index (χ0) is 21.4. The van der Waals surface area contributed by atoms with Gasteiger partial charge in [0.2, 0.25) is 0 Å². The summed E-state index contributed by atoms with van der Waals surface area (Å²) in [5.41, 5.74) is -0.406. The molecule has 152 valence electrons. The SMILES string of the molecule is CC(C)(C)C1(O)c2cc(Cl)ccc2C(O)(C(C)(C)C)c2c1ccc1cccnc21. The Bertz CT molecular complexity index is 1130. The Labute approximate surface area is 177 Å². The average Bonchev–Trinajstić information content (AvgIpc) is 2.63. The summed E-state index contributed by atoms with van der Waals surface area (Å²) in [5.74, 6) is 0. The summed E-state index contributed by atoms with van der Waals surface area (Å²) >= 11 is 6.38. The van der Waals surface area contributed by atoms with Gasteiger partial charge in [0.1, 0.15) is 11.2 Å². The quantitative estimate of drug-likeness (QED) is 0.495. The molecule has 1 aliphatic rings. The Kier molecular flexibility index (Phi) is 4.23. The molecule has 3 nitrogen and oxygen atoms in total. The fourth-order valence-corrected chi connectivity index (χ4v) is 4.98. The standard InChI is InChI=1S/C25H28ClNO2/c1-22(2,3)24(28)18-11-9-15-8-7-13-27-21(15)20(18)25(29,23(4,5)6)17-12-10-16(26)14-19(17)24/h7-14,28-29H,1-6H3. The summed E-state index contributed by atoms with van der Waals surface area (Å²) < 4.78 is 0.